The summed E-state index contributed by atoms with van der Waals surface area (Å²) in [5.74, 6) is -1.16. The summed E-state index contributed by atoms with van der Waals surface area (Å²) < 4.78 is 44.9. The Balaban J connectivity index is 0.000000583. The first-order valence-corrected chi connectivity index (χ1v) is 13.5. The number of aryl methyl sites for hydroxylation is 1. The first-order valence-electron chi connectivity index (χ1n) is 13.5. The molecule has 0 saturated heterocycles. The quantitative estimate of drug-likeness (QED) is 0.404. The van der Waals surface area contributed by atoms with Crippen molar-refractivity contribution in [3.8, 4) is 0 Å². The van der Waals surface area contributed by atoms with Gasteiger partial charge in [-0.3, -0.25) is 4.90 Å². The van der Waals surface area contributed by atoms with Gasteiger partial charge in [-0.15, -0.1) is 0 Å². The van der Waals surface area contributed by atoms with Crippen molar-refractivity contribution in [3.63, 3.8) is 0 Å². The van der Waals surface area contributed by atoms with Crippen LogP contribution in [0.15, 0.2) is 23.9 Å². The maximum absolute atomic E-state index is 15.2. The molecule has 2 aromatic rings. The van der Waals surface area contributed by atoms with E-state index in [1.807, 2.05) is 31.7 Å². The zero-order chi connectivity index (χ0) is 26.9. The highest BCUT2D eigenvalue weighted by Crippen LogP contribution is 2.37. The van der Waals surface area contributed by atoms with Crippen LogP contribution in [0, 0.1) is 11.6 Å². The Hall–Kier alpha value is -2.45. The Morgan fingerprint density at radius 3 is 2.22 bits per heavy atom. The molecule has 1 unspecified atom stereocenters. The van der Waals surface area contributed by atoms with Crippen LogP contribution in [0.2, 0.25) is 0 Å². The molecule has 0 spiro atoms. The van der Waals surface area contributed by atoms with Gasteiger partial charge < -0.3 is 4.98 Å². The Bertz CT molecular complexity index is 1160. The molecule has 1 atom stereocenters. The summed E-state index contributed by atoms with van der Waals surface area (Å²) in [4.78, 5) is 5.16. The molecule has 5 heteroatoms. The molecule has 1 aromatic carbocycles. The van der Waals surface area contributed by atoms with Gasteiger partial charge in [-0.25, -0.2) is 13.2 Å². The number of alkyl halides is 1. The zero-order valence-corrected chi connectivity index (χ0v) is 23.1. The topological polar surface area (TPSA) is 19.0 Å². The van der Waals surface area contributed by atoms with Gasteiger partial charge in [-0.1, -0.05) is 71.8 Å². The van der Waals surface area contributed by atoms with E-state index >= 15 is 8.78 Å². The van der Waals surface area contributed by atoms with Crippen LogP contribution >= 0.6 is 0 Å². The van der Waals surface area contributed by atoms with Crippen LogP contribution < -0.4 is 10.6 Å². The number of unbranched alkanes of at least 4 members (excludes halogenated alkanes) is 2. The Labute approximate surface area is 215 Å². The first-order chi connectivity index (χ1) is 17.2. The van der Waals surface area contributed by atoms with Crippen LogP contribution in [0.3, 0.4) is 0 Å². The molecule has 2 nitrogen and oxygen atoms in total. The van der Waals surface area contributed by atoms with Gasteiger partial charge >= 0.3 is 0 Å². The largest absolute Gasteiger partial charge is 0.356 e. The molecule has 0 fully saturated rings. The number of nitrogens with zero attached hydrogens (tertiary/aromatic N) is 1. The minimum absolute atomic E-state index is 0.0226. The maximum atomic E-state index is 15.2. The van der Waals surface area contributed by atoms with Gasteiger partial charge in [0.2, 0.25) is 0 Å². The molecular formula is C31H43F3N2. The summed E-state index contributed by atoms with van der Waals surface area (Å²) in [5, 5.41) is 1.73. The number of aromatic nitrogens is 1. The standard InChI is InChI=1S/C24H25F3N2.C5H12.C2H6/c1-4-7-15-12-18(25)21(19(26)13-15)23-22-17(10-11-29(23)14-24(2,3)27)16-8-5-6-9-20(16)28-22;1-3-5-4-2;1-2/h6,9,12-13,23,28H,4,7,10-11,14H2,1-3H3;3-5H2,1-2H3;1-2H3. The van der Waals surface area contributed by atoms with Crippen molar-refractivity contribution in [1.29, 1.82) is 0 Å². The lowest BCUT2D eigenvalue weighted by Crippen LogP contribution is -2.44. The number of aromatic amines is 1. The van der Waals surface area contributed by atoms with Crippen LogP contribution in [0.25, 0.3) is 11.8 Å². The lowest BCUT2D eigenvalue weighted by Gasteiger charge is -2.38. The number of benzene rings is 1. The molecule has 0 saturated carbocycles. The van der Waals surface area contributed by atoms with Crippen LogP contribution in [0.4, 0.5) is 13.2 Å². The van der Waals surface area contributed by atoms with Crippen molar-refractivity contribution in [2.24, 2.45) is 0 Å². The van der Waals surface area contributed by atoms with Crippen molar-refractivity contribution < 1.29 is 13.2 Å². The van der Waals surface area contributed by atoms with Crippen molar-refractivity contribution in [2.45, 2.75) is 98.7 Å². The summed E-state index contributed by atoms with van der Waals surface area (Å²) in [7, 11) is 0. The molecule has 2 aliphatic rings. The molecule has 1 aliphatic carbocycles. The van der Waals surface area contributed by atoms with E-state index in [-0.39, 0.29) is 12.1 Å². The van der Waals surface area contributed by atoms with Crippen LogP contribution in [0.1, 0.15) is 103 Å². The monoisotopic (exact) mass is 500 g/mol. The maximum Gasteiger partial charge on any atom is 0.131 e. The smallest absolute Gasteiger partial charge is 0.131 e. The van der Waals surface area contributed by atoms with Crippen molar-refractivity contribution in [3.05, 3.63) is 68.5 Å². The molecule has 1 aromatic heterocycles. The Morgan fingerprint density at radius 1 is 1.06 bits per heavy atom. The zero-order valence-electron chi connectivity index (χ0n) is 23.1. The van der Waals surface area contributed by atoms with E-state index in [0.29, 0.717) is 30.6 Å². The van der Waals surface area contributed by atoms with Crippen molar-refractivity contribution >= 4 is 11.8 Å². The predicted molar refractivity (Wildman–Crippen MR) is 145 cm³/mol. The highest BCUT2D eigenvalue weighted by molar-refractivity contribution is 5.49. The molecule has 2 heterocycles. The summed E-state index contributed by atoms with van der Waals surface area (Å²) in [6.45, 7) is 14.0. The molecule has 0 amide bonds. The van der Waals surface area contributed by atoms with E-state index in [0.717, 1.165) is 22.6 Å². The van der Waals surface area contributed by atoms with Crippen LogP contribution in [-0.4, -0.2) is 28.6 Å². The number of fused-ring (bicyclic) bond motifs is 3. The number of halogens is 3. The summed E-state index contributed by atoms with van der Waals surface area (Å²) >= 11 is 0. The van der Waals surface area contributed by atoms with E-state index in [1.54, 1.807) is 6.08 Å². The van der Waals surface area contributed by atoms with Crippen molar-refractivity contribution in [1.82, 2.24) is 9.88 Å². The number of hydrogen-bond donors (Lipinski definition) is 1. The van der Waals surface area contributed by atoms with Gasteiger partial charge in [0.05, 0.1) is 16.6 Å². The van der Waals surface area contributed by atoms with Gasteiger partial charge in [0.25, 0.3) is 0 Å². The Kier molecular flexibility index (Phi) is 11.4. The fraction of sp³-hybridized carbons (Fsp3) is 0.548. The van der Waals surface area contributed by atoms with E-state index in [2.05, 4.69) is 30.3 Å². The minimum Gasteiger partial charge on any atom is -0.356 e. The second kappa shape index (κ2) is 13.7. The molecular weight excluding hydrogens is 457 g/mol. The normalized spacial score (nSPS) is 16.0. The highest BCUT2D eigenvalue weighted by Gasteiger charge is 2.37. The predicted octanol–water partition coefficient (Wildman–Crippen LogP) is 7.05. The average Bonchev–Trinajstić information content (AvgIpc) is 3.20. The highest BCUT2D eigenvalue weighted by atomic mass is 19.1. The van der Waals surface area contributed by atoms with Gasteiger partial charge in [-0.2, -0.15) is 0 Å². The van der Waals surface area contributed by atoms with Crippen LogP contribution in [0.5, 0.6) is 0 Å². The SMILES string of the molecule is CC.CCCCC.CCCc1cc(F)c(C2c3[nH]c4c(c3CCN2CC(C)(C)F)=C=C=CC=4)c(F)c1. The number of hydrogen-bond acceptors (Lipinski definition) is 1. The molecule has 4 rings (SSSR count). The van der Waals surface area contributed by atoms with E-state index in [4.69, 9.17) is 0 Å². The summed E-state index contributed by atoms with van der Waals surface area (Å²) in [5.41, 5.74) is 6.89. The third-order valence-corrected chi connectivity index (χ3v) is 6.22. The van der Waals surface area contributed by atoms with Gasteiger partial charge in [-0.05, 0) is 62.1 Å². The lowest BCUT2D eigenvalue weighted by atomic mass is 9.90. The Morgan fingerprint density at radius 2 is 1.69 bits per heavy atom. The first kappa shape index (κ1) is 29.8. The molecule has 1 N–H and O–H groups in total. The van der Waals surface area contributed by atoms with Gasteiger partial charge in [0.15, 0.2) is 0 Å². The van der Waals surface area contributed by atoms with Crippen LogP contribution in [-0.2, 0) is 12.8 Å². The molecule has 36 heavy (non-hydrogen) atoms. The number of nitrogens with one attached hydrogen (secondary N) is 1. The minimum atomic E-state index is -1.49. The van der Waals surface area contributed by atoms with E-state index in [9.17, 15) is 4.39 Å². The third-order valence-electron chi connectivity index (χ3n) is 6.22. The molecule has 0 radical (unpaired) electrons. The molecule has 0 bridgehead atoms. The molecule has 1 aliphatic heterocycles. The summed E-state index contributed by atoms with van der Waals surface area (Å²) in [6.07, 6.45) is 9.79. The van der Waals surface area contributed by atoms with Gasteiger partial charge in [0.1, 0.15) is 17.3 Å². The van der Waals surface area contributed by atoms with E-state index < -0.39 is 23.3 Å². The van der Waals surface area contributed by atoms with Gasteiger partial charge in [0, 0.05) is 24.3 Å². The fourth-order valence-corrected chi connectivity index (χ4v) is 4.81. The summed E-state index contributed by atoms with van der Waals surface area (Å²) in [6, 6.07) is 2.11. The lowest BCUT2D eigenvalue weighted by molar-refractivity contribution is 0.0959. The second-order valence-electron chi connectivity index (χ2n) is 9.83. The number of allylic oxidation sites excluding steroid dienone is 1. The van der Waals surface area contributed by atoms with Crippen molar-refractivity contribution in [2.75, 3.05) is 13.1 Å². The number of rotatable bonds is 7. The number of H-pyrrole nitrogens is 1. The average molecular weight is 501 g/mol. The second-order valence-corrected chi connectivity index (χ2v) is 9.83. The van der Waals surface area contributed by atoms with E-state index in [1.165, 1.54) is 45.2 Å². The third kappa shape index (κ3) is 7.29. The molecule has 198 valence electrons. The fourth-order valence-electron chi connectivity index (χ4n) is 4.81.